The first-order chi connectivity index (χ1) is 7.13. The smallest absolute Gasteiger partial charge is 0.258 e. The van der Waals surface area contributed by atoms with Gasteiger partial charge in [0.2, 0.25) is 0 Å². The van der Waals surface area contributed by atoms with Gasteiger partial charge >= 0.3 is 0 Å². The molecule has 0 radical (unpaired) electrons. The molecule has 1 atom stereocenters. The fourth-order valence-electron chi connectivity index (χ4n) is 0.855. The maximum absolute atomic E-state index is 10.5. The summed E-state index contributed by atoms with van der Waals surface area (Å²) in [6.07, 6.45) is 1.10. The second kappa shape index (κ2) is 6.02. The van der Waals surface area contributed by atoms with Gasteiger partial charge in [0.1, 0.15) is 0 Å². The molecule has 5 heteroatoms. The summed E-state index contributed by atoms with van der Waals surface area (Å²) in [5, 5.41) is 11.1. The van der Waals surface area contributed by atoms with Gasteiger partial charge in [-0.15, -0.1) is 0 Å². The monoisotopic (exact) mass is 243 g/mol. The molecule has 0 aromatic heterocycles. The van der Waals surface area contributed by atoms with E-state index in [-0.39, 0.29) is 10.6 Å². The lowest BCUT2D eigenvalue weighted by Crippen LogP contribution is -1.89. The number of benzene rings is 1. The number of hydrogen-bond acceptors (Lipinski definition) is 4. The van der Waals surface area contributed by atoms with E-state index in [1.165, 1.54) is 6.07 Å². The standard InChI is InChI=1S/C10H13NO2S2/c1-3-8(2)14-15-10-6-4-5-9(7-10)11(12)13/h4-8H,3H2,1-2H3. The van der Waals surface area contributed by atoms with Crippen LogP contribution in [0.25, 0.3) is 0 Å². The highest BCUT2D eigenvalue weighted by atomic mass is 33.1. The summed E-state index contributed by atoms with van der Waals surface area (Å²) in [6, 6.07) is 6.74. The first-order valence-electron chi connectivity index (χ1n) is 4.71. The third-order valence-electron chi connectivity index (χ3n) is 1.91. The minimum Gasteiger partial charge on any atom is -0.258 e. The maximum atomic E-state index is 10.5. The number of nitro groups is 1. The molecule has 3 nitrogen and oxygen atoms in total. The van der Waals surface area contributed by atoms with Crippen LogP contribution in [-0.2, 0) is 0 Å². The first-order valence-corrected chi connectivity index (χ1v) is 6.92. The van der Waals surface area contributed by atoms with Gasteiger partial charge in [-0.25, -0.2) is 0 Å². The molecule has 1 unspecified atom stereocenters. The Morgan fingerprint density at radius 3 is 2.87 bits per heavy atom. The van der Waals surface area contributed by atoms with E-state index in [1.807, 2.05) is 6.07 Å². The molecule has 0 aliphatic heterocycles. The van der Waals surface area contributed by atoms with Crippen LogP contribution >= 0.6 is 21.6 Å². The van der Waals surface area contributed by atoms with Gasteiger partial charge < -0.3 is 0 Å². The molecule has 0 saturated heterocycles. The highest BCUT2D eigenvalue weighted by Crippen LogP contribution is 2.36. The van der Waals surface area contributed by atoms with Gasteiger partial charge in [0.25, 0.3) is 5.69 Å². The van der Waals surface area contributed by atoms with E-state index in [2.05, 4.69) is 13.8 Å². The van der Waals surface area contributed by atoms with Crippen LogP contribution in [0.1, 0.15) is 20.3 Å². The van der Waals surface area contributed by atoms with Crippen LogP contribution in [-0.4, -0.2) is 10.2 Å². The summed E-state index contributed by atoms with van der Waals surface area (Å²) < 4.78 is 0. The molecule has 15 heavy (non-hydrogen) atoms. The summed E-state index contributed by atoms with van der Waals surface area (Å²) >= 11 is 0. The molecule has 82 valence electrons. The van der Waals surface area contributed by atoms with Crippen LogP contribution < -0.4 is 0 Å². The van der Waals surface area contributed by atoms with Crippen molar-refractivity contribution in [3.8, 4) is 0 Å². The molecule has 0 fully saturated rings. The molecule has 1 aromatic carbocycles. The summed E-state index contributed by atoms with van der Waals surface area (Å²) in [4.78, 5) is 11.1. The zero-order valence-corrected chi connectivity index (χ0v) is 10.3. The lowest BCUT2D eigenvalue weighted by atomic mass is 10.3. The van der Waals surface area contributed by atoms with Crippen molar-refractivity contribution < 1.29 is 4.92 Å². The van der Waals surface area contributed by atoms with Crippen LogP contribution in [0, 0.1) is 10.1 Å². The van der Waals surface area contributed by atoms with Gasteiger partial charge in [0.05, 0.1) is 4.92 Å². The molecular formula is C10H13NO2S2. The molecule has 0 heterocycles. The Labute approximate surface area is 97.2 Å². The largest absolute Gasteiger partial charge is 0.270 e. The van der Waals surface area contributed by atoms with Crippen LogP contribution in [0.3, 0.4) is 0 Å². The summed E-state index contributed by atoms with van der Waals surface area (Å²) in [5.74, 6) is 0. The van der Waals surface area contributed by atoms with Crippen molar-refractivity contribution >= 4 is 27.3 Å². The summed E-state index contributed by atoms with van der Waals surface area (Å²) in [7, 11) is 3.34. The van der Waals surface area contributed by atoms with Crippen LogP contribution in [0.2, 0.25) is 0 Å². The quantitative estimate of drug-likeness (QED) is 0.443. The molecule has 0 aliphatic rings. The zero-order valence-electron chi connectivity index (χ0n) is 8.67. The molecule has 0 N–H and O–H groups in total. The number of rotatable bonds is 5. The Morgan fingerprint density at radius 2 is 2.27 bits per heavy atom. The second-order valence-corrected chi connectivity index (χ2v) is 5.87. The minimum atomic E-state index is -0.363. The van der Waals surface area contributed by atoms with Crippen LogP contribution in [0.4, 0.5) is 5.69 Å². The van der Waals surface area contributed by atoms with E-state index in [1.54, 1.807) is 33.7 Å². The molecule has 0 saturated carbocycles. The fraction of sp³-hybridized carbons (Fsp3) is 0.400. The van der Waals surface area contributed by atoms with Crippen molar-refractivity contribution in [1.29, 1.82) is 0 Å². The maximum Gasteiger partial charge on any atom is 0.270 e. The van der Waals surface area contributed by atoms with E-state index in [4.69, 9.17) is 0 Å². The van der Waals surface area contributed by atoms with Gasteiger partial charge in [-0.05, 0) is 12.5 Å². The van der Waals surface area contributed by atoms with Crippen molar-refractivity contribution in [1.82, 2.24) is 0 Å². The highest BCUT2D eigenvalue weighted by Gasteiger charge is 2.07. The highest BCUT2D eigenvalue weighted by molar-refractivity contribution is 8.76. The Morgan fingerprint density at radius 1 is 1.53 bits per heavy atom. The summed E-state index contributed by atoms with van der Waals surface area (Å²) in [5.41, 5.74) is 0.157. The molecule has 1 rings (SSSR count). The zero-order chi connectivity index (χ0) is 11.3. The third kappa shape index (κ3) is 4.13. The van der Waals surface area contributed by atoms with Gasteiger partial charge in [-0.3, -0.25) is 10.1 Å². The molecule has 0 amide bonds. The molecule has 0 bridgehead atoms. The third-order valence-corrected chi connectivity index (χ3v) is 4.97. The van der Waals surface area contributed by atoms with Crippen LogP contribution in [0.5, 0.6) is 0 Å². The number of non-ortho nitro benzene ring substituents is 1. The van der Waals surface area contributed by atoms with Crippen molar-refractivity contribution in [2.45, 2.75) is 30.4 Å². The van der Waals surface area contributed by atoms with E-state index in [0.717, 1.165) is 11.3 Å². The van der Waals surface area contributed by atoms with Gasteiger partial charge in [-0.2, -0.15) is 0 Å². The molecular weight excluding hydrogens is 230 g/mol. The topological polar surface area (TPSA) is 43.1 Å². The molecule has 0 spiro atoms. The minimum absolute atomic E-state index is 0.157. The Bertz CT molecular complexity index is 344. The Hall–Kier alpha value is -0.680. The SMILES string of the molecule is CCC(C)SSc1cccc([N+](=O)[O-])c1. The predicted molar refractivity (Wildman–Crippen MR) is 66.3 cm³/mol. The van der Waals surface area contributed by atoms with Crippen LogP contribution in [0.15, 0.2) is 29.2 Å². The van der Waals surface area contributed by atoms with E-state index >= 15 is 0 Å². The van der Waals surface area contributed by atoms with Crippen molar-refractivity contribution in [2.75, 3.05) is 0 Å². The average Bonchev–Trinajstić information content (AvgIpc) is 2.26. The fourth-order valence-corrected chi connectivity index (χ4v) is 3.11. The lowest BCUT2D eigenvalue weighted by Gasteiger charge is -2.06. The average molecular weight is 243 g/mol. The Balaban J connectivity index is 2.62. The second-order valence-electron chi connectivity index (χ2n) is 3.15. The first kappa shape index (κ1) is 12.4. The van der Waals surface area contributed by atoms with Gasteiger partial charge in [0, 0.05) is 22.3 Å². The van der Waals surface area contributed by atoms with Gasteiger partial charge in [0.15, 0.2) is 0 Å². The number of nitro benzene ring substituents is 1. The molecule has 1 aromatic rings. The van der Waals surface area contributed by atoms with Crippen molar-refractivity contribution in [3.63, 3.8) is 0 Å². The molecule has 0 aliphatic carbocycles. The van der Waals surface area contributed by atoms with Crippen molar-refractivity contribution in [3.05, 3.63) is 34.4 Å². The predicted octanol–water partition coefficient (Wildman–Crippen LogP) is 4.13. The number of nitrogens with zero attached hydrogens (tertiary/aromatic N) is 1. The van der Waals surface area contributed by atoms with Gasteiger partial charge in [-0.1, -0.05) is 41.5 Å². The Kier molecular flexibility index (Phi) is 4.98. The normalized spacial score (nSPS) is 12.4. The number of hydrogen-bond donors (Lipinski definition) is 0. The summed E-state index contributed by atoms with van der Waals surface area (Å²) in [6.45, 7) is 4.28. The van der Waals surface area contributed by atoms with Crippen molar-refractivity contribution in [2.24, 2.45) is 0 Å². The van der Waals surface area contributed by atoms with E-state index < -0.39 is 0 Å². The van der Waals surface area contributed by atoms with E-state index in [9.17, 15) is 10.1 Å². The lowest BCUT2D eigenvalue weighted by molar-refractivity contribution is -0.385. The van der Waals surface area contributed by atoms with E-state index in [0.29, 0.717) is 5.25 Å².